The van der Waals surface area contributed by atoms with Crippen LogP contribution in [0.25, 0.3) is 0 Å². The number of amides is 1. The van der Waals surface area contributed by atoms with Crippen molar-refractivity contribution < 1.29 is 4.79 Å². The highest BCUT2D eigenvalue weighted by atomic mass is 32.2. The lowest BCUT2D eigenvalue weighted by molar-refractivity contribution is 0.0657. The lowest BCUT2D eigenvalue weighted by Gasteiger charge is -2.35. The maximum atomic E-state index is 13.1. The van der Waals surface area contributed by atoms with Crippen LogP contribution >= 0.6 is 11.8 Å². The van der Waals surface area contributed by atoms with Crippen molar-refractivity contribution in [3.05, 3.63) is 60.2 Å². The largest absolute Gasteiger partial charge is 0.338 e. The third-order valence-electron chi connectivity index (χ3n) is 4.58. The molecule has 3 nitrogen and oxygen atoms in total. The van der Waals surface area contributed by atoms with Crippen LogP contribution in [-0.2, 0) is 0 Å². The average Bonchev–Trinajstić information content (AvgIpc) is 2.62. The summed E-state index contributed by atoms with van der Waals surface area (Å²) in [7, 11) is 0. The minimum Gasteiger partial charge on any atom is -0.338 e. The van der Waals surface area contributed by atoms with Crippen LogP contribution < -0.4 is 5.73 Å². The molecule has 24 heavy (non-hydrogen) atoms. The van der Waals surface area contributed by atoms with E-state index in [1.54, 1.807) is 11.8 Å². The van der Waals surface area contributed by atoms with Crippen molar-refractivity contribution in [2.75, 3.05) is 13.1 Å². The first-order valence-electron chi connectivity index (χ1n) is 8.52. The minimum absolute atomic E-state index is 0.124. The van der Waals surface area contributed by atoms with E-state index in [0.717, 1.165) is 41.3 Å². The van der Waals surface area contributed by atoms with Crippen LogP contribution in [0.2, 0.25) is 0 Å². The number of hydrogen-bond donors (Lipinski definition) is 1. The Balaban J connectivity index is 1.80. The van der Waals surface area contributed by atoms with Gasteiger partial charge < -0.3 is 10.6 Å². The number of likely N-dealkylation sites (tertiary alicyclic amines) is 1. The molecule has 0 saturated carbocycles. The summed E-state index contributed by atoms with van der Waals surface area (Å²) in [5, 5.41) is 0. The summed E-state index contributed by atoms with van der Waals surface area (Å²) in [6.45, 7) is 3.63. The molecule has 1 heterocycles. The zero-order chi connectivity index (χ0) is 16.9. The molecule has 3 rings (SSSR count). The van der Waals surface area contributed by atoms with E-state index in [0.29, 0.717) is 5.92 Å². The van der Waals surface area contributed by atoms with Gasteiger partial charge in [-0.25, -0.2) is 0 Å². The second-order valence-electron chi connectivity index (χ2n) is 6.42. The van der Waals surface area contributed by atoms with Gasteiger partial charge in [0.15, 0.2) is 0 Å². The van der Waals surface area contributed by atoms with Gasteiger partial charge in [-0.1, -0.05) is 42.1 Å². The third kappa shape index (κ3) is 4.00. The van der Waals surface area contributed by atoms with Gasteiger partial charge in [-0.05, 0) is 49.9 Å². The maximum Gasteiger partial charge on any atom is 0.255 e. The van der Waals surface area contributed by atoms with Crippen LogP contribution in [0.3, 0.4) is 0 Å². The van der Waals surface area contributed by atoms with Gasteiger partial charge in [-0.2, -0.15) is 0 Å². The fourth-order valence-corrected chi connectivity index (χ4v) is 4.10. The zero-order valence-electron chi connectivity index (χ0n) is 14.0. The number of benzene rings is 2. The molecular weight excluding hydrogens is 316 g/mol. The Kier molecular flexibility index (Phi) is 5.59. The highest BCUT2D eigenvalue weighted by Gasteiger charge is 2.27. The molecule has 0 spiro atoms. The second-order valence-corrected chi connectivity index (χ2v) is 7.54. The van der Waals surface area contributed by atoms with Crippen molar-refractivity contribution in [1.82, 2.24) is 4.90 Å². The van der Waals surface area contributed by atoms with Gasteiger partial charge in [-0.3, -0.25) is 4.79 Å². The Morgan fingerprint density at radius 1 is 1.17 bits per heavy atom. The van der Waals surface area contributed by atoms with Crippen LogP contribution in [-0.4, -0.2) is 29.9 Å². The van der Waals surface area contributed by atoms with E-state index in [2.05, 4.69) is 12.1 Å². The Bertz CT molecular complexity index is 687. The molecule has 1 amide bonds. The number of nitrogens with two attached hydrogens (primary N) is 1. The van der Waals surface area contributed by atoms with Crippen molar-refractivity contribution in [3.8, 4) is 0 Å². The van der Waals surface area contributed by atoms with Crippen molar-refractivity contribution in [3.63, 3.8) is 0 Å². The van der Waals surface area contributed by atoms with Crippen molar-refractivity contribution in [2.45, 2.75) is 35.6 Å². The number of piperidine rings is 1. The molecule has 2 N–H and O–H groups in total. The smallest absolute Gasteiger partial charge is 0.255 e. The van der Waals surface area contributed by atoms with Crippen LogP contribution in [0, 0.1) is 5.92 Å². The lowest BCUT2D eigenvalue weighted by Crippen LogP contribution is -2.45. The van der Waals surface area contributed by atoms with E-state index in [-0.39, 0.29) is 11.9 Å². The first-order chi connectivity index (χ1) is 11.6. The molecule has 2 atom stereocenters. The van der Waals surface area contributed by atoms with Crippen LogP contribution in [0.5, 0.6) is 0 Å². The topological polar surface area (TPSA) is 46.3 Å². The molecule has 1 aliphatic rings. The Labute approximate surface area is 148 Å². The quantitative estimate of drug-likeness (QED) is 0.914. The zero-order valence-corrected chi connectivity index (χ0v) is 14.8. The summed E-state index contributed by atoms with van der Waals surface area (Å²) in [6, 6.07) is 18.2. The summed E-state index contributed by atoms with van der Waals surface area (Å²) in [5.41, 5.74) is 6.85. The number of rotatable bonds is 4. The highest BCUT2D eigenvalue weighted by Crippen LogP contribution is 2.31. The molecule has 4 heteroatoms. The number of carbonyl (C=O) groups is 1. The predicted molar refractivity (Wildman–Crippen MR) is 99.3 cm³/mol. The molecular formula is C20H24N2OS. The van der Waals surface area contributed by atoms with Gasteiger partial charge in [0.25, 0.3) is 5.91 Å². The Hall–Kier alpha value is -1.78. The number of carbonyl (C=O) groups excluding carboxylic acids is 1. The first-order valence-corrected chi connectivity index (χ1v) is 9.33. The molecule has 1 fully saturated rings. The molecule has 2 aromatic carbocycles. The van der Waals surface area contributed by atoms with E-state index in [9.17, 15) is 4.79 Å². The summed E-state index contributed by atoms with van der Waals surface area (Å²) in [4.78, 5) is 17.2. The van der Waals surface area contributed by atoms with Gasteiger partial charge in [-0.15, -0.1) is 0 Å². The lowest BCUT2D eigenvalue weighted by atomic mass is 9.92. The van der Waals surface area contributed by atoms with Crippen LogP contribution in [0.4, 0.5) is 0 Å². The fraction of sp³-hybridized carbons (Fsp3) is 0.350. The normalized spacial score (nSPS) is 19.1. The van der Waals surface area contributed by atoms with E-state index < -0.39 is 0 Å². The molecule has 0 aromatic heterocycles. The van der Waals surface area contributed by atoms with Gasteiger partial charge >= 0.3 is 0 Å². The molecule has 2 aromatic rings. The Morgan fingerprint density at radius 3 is 2.62 bits per heavy atom. The number of hydrogen-bond acceptors (Lipinski definition) is 3. The van der Waals surface area contributed by atoms with Gasteiger partial charge in [0, 0.05) is 28.9 Å². The van der Waals surface area contributed by atoms with E-state index in [1.807, 2.05) is 54.3 Å². The van der Waals surface area contributed by atoms with Crippen molar-refractivity contribution >= 4 is 17.7 Å². The maximum absolute atomic E-state index is 13.1. The average molecular weight is 340 g/mol. The summed E-state index contributed by atoms with van der Waals surface area (Å²) >= 11 is 1.64. The van der Waals surface area contributed by atoms with E-state index >= 15 is 0 Å². The second kappa shape index (κ2) is 7.86. The third-order valence-corrected chi connectivity index (χ3v) is 5.66. The molecule has 126 valence electrons. The first kappa shape index (κ1) is 17.1. The van der Waals surface area contributed by atoms with E-state index in [1.165, 1.54) is 0 Å². The van der Waals surface area contributed by atoms with Gasteiger partial charge in [0.05, 0.1) is 5.56 Å². The SMILES string of the molecule is CC(N)C1CCCN(C(=O)c2ccccc2Sc2ccccc2)C1. The van der Waals surface area contributed by atoms with Crippen molar-refractivity contribution in [1.29, 1.82) is 0 Å². The molecule has 0 radical (unpaired) electrons. The minimum atomic E-state index is 0.124. The van der Waals surface area contributed by atoms with Crippen molar-refractivity contribution in [2.24, 2.45) is 11.7 Å². The highest BCUT2D eigenvalue weighted by molar-refractivity contribution is 7.99. The Morgan fingerprint density at radius 2 is 1.88 bits per heavy atom. The molecule has 0 aliphatic carbocycles. The van der Waals surface area contributed by atoms with Gasteiger partial charge in [0.1, 0.15) is 0 Å². The standard InChI is InChI=1S/C20H24N2OS/c1-15(21)16-8-7-13-22(14-16)20(23)18-11-5-6-12-19(18)24-17-9-3-2-4-10-17/h2-6,9-12,15-16H,7-8,13-14,21H2,1H3. The number of nitrogens with zero attached hydrogens (tertiary/aromatic N) is 1. The van der Waals surface area contributed by atoms with Gasteiger partial charge in [0.2, 0.25) is 0 Å². The summed E-state index contributed by atoms with van der Waals surface area (Å²) in [6.07, 6.45) is 2.15. The summed E-state index contributed by atoms with van der Waals surface area (Å²) < 4.78 is 0. The molecule has 2 unspecified atom stereocenters. The monoisotopic (exact) mass is 340 g/mol. The predicted octanol–water partition coefficient (Wildman–Crippen LogP) is 4.04. The molecule has 1 saturated heterocycles. The fourth-order valence-electron chi connectivity index (χ4n) is 3.14. The van der Waals surface area contributed by atoms with E-state index in [4.69, 9.17) is 5.73 Å². The molecule has 0 bridgehead atoms. The molecule has 1 aliphatic heterocycles. The van der Waals surface area contributed by atoms with Crippen LogP contribution in [0.15, 0.2) is 64.4 Å². The summed E-state index contributed by atoms with van der Waals surface area (Å²) in [5.74, 6) is 0.524. The van der Waals surface area contributed by atoms with Crippen LogP contribution in [0.1, 0.15) is 30.1 Å².